The molecule has 3 N–H and O–H groups in total. The lowest BCUT2D eigenvalue weighted by atomic mass is 9.97. The van der Waals surface area contributed by atoms with Gasteiger partial charge in [-0.05, 0) is 26.2 Å². The Morgan fingerprint density at radius 3 is 3.05 bits per heavy atom. The van der Waals surface area contributed by atoms with Crippen LogP contribution in [0.15, 0.2) is 5.38 Å². The van der Waals surface area contributed by atoms with E-state index in [1.165, 1.54) is 0 Å². The Hall–Kier alpha value is -1.63. The van der Waals surface area contributed by atoms with Crippen molar-refractivity contribution in [2.45, 2.75) is 32.6 Å². The number of thiazole rings is 1. The van der Waals surface area contributed by atoms with E-state index in [9.17, 15) is 9.59 Å². The van der Waals surface area contributed by atoms with E-state index in [-0.39, 0.29) is 11.8 Å². The Labute approximate surface area is 128 Å². The molecular formula is C14H22N4O2S. The number of piperidine rings is 1. The minimum Gasteiger partial charge on any atom is -0.356 e. The summed E-state index contributed by atoms with van der Waals surface area (Å²) in [5.41, 5.74) is 6.32. The summed E-state index contributed by atoms with van der Waals surface area (Å²) in [5.74, 6) is -0.107. The first-order valence-corrected chi connectivity index (χ1v) is 8.17. The normalized spacial score (nSPS) is 18.5. The summed E-state index contributed by atoms with van der Waals surface area (Å²) in [4.78, 5) is 29.2. The number of aromatic nitrogens is 1. The fourth-order valence-corrected chi connectivity index (χ4v) is 3.32. The van der Waals surface area contributed by atoms with Gasteiger partial charge in [-0.1, -0.05) is 0 Å². The first-order valence-electron chi connectivity index (χ1n) is 7.29. The minimum atomic E-state index is -0.438. The zero-order chi connectivity index (χ0) is 15.2. The molecule has 1 aromatic rings. The monoisotopic (exact) mass is 310 g/mol. The molecule has 6 nitrogen and oxygen atoms in total. The molecule has 1 atom stereocenters. The second-order valence-corrected chi connectivity index (χ2v) is 6.34. The van der Waals surface area contributed by atoms with Gasteiger partial charge in [-0.25, -0.2) is 9.78 Å². The number of urea groups is 1. The number of rotatable bonds is 5. The van der Waals surface area contributed by atoms with Gasteiger partial charge in [0, 0.05) is 37.1 Å². The van der Waals surface area contributed by atoms with Crippen LogP contribution < -0.4 is 11.1 Å². The third kappa shape index (κ3) is 4.70. The number of nitrogens with two attached hydrogens (primary N) is 1. The standard InChI is InChI=1S/C14H22N4O2S/c1-10-9-21-12(17-10)5-2-6-16-13(19)11-4-3-7-18(8-11)14(15)20/h9,11H,2-8H2,1H3,(H2,15,20)(H,16,19)/t11-/m1/s1. The molecule has 1 aliphatic heterocycles. The van der Waals surface area contributed by atoms with E-state index in [0.717, 1.165) is 36.4 Å². The van der Waals surface area contributed by atoms with Gasteiger partial charge < -0.3 is 16.0 Å². The molecule has 1 aliphatic rings. The lowest BCUT2D eigenvalue weighted by Crippen LogP contribution is -2.47. The minimum absolute atomic E-state index is 0.0243. The number of nitrogens with zero attached hydrogens (tertiary/aromatic N) is 2. The Balaban J connectivity index is 1.68. The molecular weight excluding hydrogens is 288 g/mol. The summed E-state index contributed by atoms with van der Waals surface area (Å²) < 4.78 is 0. The van der Waals surface area contributed by atoms with E-state index in [1.54, 1.807) is 16.2 Å². The first-order chi connectivity index (χ1) is 10.1. The largest absolute Gasteiger partial charge is 0.356 e. The number of nitrogens with one attached hydrogen (secondary N) is 1. The smallest absolute Gasteiger partial charge is 0.314 e. The molecule has 116 valence electrons. The van der Waals surface area contributed by atoms with Crippen LogP contribution in [0.5, 0.6) is 0 Å². The maximum atomic E-state index is 12.1. The Bertz CT molecular complexity index is 503. The number of hydrogen-bond donors (Lipinski definition) is 2. The topological polar surface area (TPSA) is 88.3 Å². The predicted molar refractivity (Wildman–Crippen MR) is 82.1 cm³/mol. The SMILES string of the molecule is Cc1csc(CCCNC(=O)[C@@H]2CCCN(C(N)=O)C2)n1. The summed E-state index contributed by atoms with van der Waals surface area (Å²) in [5, 5.41) is 6.09. The van der Waals surface area contributed by atoms with Gasteiger partial charge in [-0.3, -0.25) is 4.79 Å². The Morgan fingerprint density at radius 2 is 2.38 bits per heavy atom. The molecule has 1 fully saturated rings. The second-order valence-electron chi connectivity index (χ2n) is 5.40. The number of carbonyl (C=O) groups is 2. The number of primary amides is 1. The lowest BCUT2D eigenvalue weighted by molar-refractivity contribution is -0.126. The quantitative estimate of drug-likeness (QED) is 0.803. The molecule has 0 aliphatic carbocycles. The maximum Gasteiger partial charge on any atom is 0.314 e. The molecule has 2 heterocycles. The molecule has 3 amide bonds. The van der Waals surface area contributed by atoms with Crippen LogP contribution in [0.3, 0.4) is 0 Å². The van der Waals surface area contributed by atoms with Crippen LogP contribution in [0.1, 0.15) is 30.0 Å². The van der Waals surface area contributed by atoms with Gasteiger partial charge in [0.1, 0.15) is 0 Å². The van der Waals surface area contributed by atoms with Crippen molar-refractivity contribution in [3.05, 3.63) is 16.1 Å². The van der Waals surface area contributed by atoms with Crippen molar-refractivity contribution in [1.29, 1.82) is 0 Å². The van der Waals surface area contributed by atoms with Crippen molar-refractivity contribution >= 4 is 23.3 Å². The van der Waals surface area contributed by atoms with Crippen molar-refractivity contribution in [3.8, 4) is 0 Å². The zero-order valence-electron chi connectivity index (χ0n) is 12.3. The number of amides is 3. The van der Waals surface area contributed by atoms with Crippen LogP contribution in [0, 0.1) is 12.8 Å². The average molecular weight is 310 g/mol. The fraction of sp³-hybridized carbons (Fsp3) is 0.643. The molecule has 0 radical (unpaired) electrons. The summed E-state index contributed by atoms with van der Waals surface area (Å²) >= 11 is 1.66. The third-order valence-corrected chi connectivity index (χ3v) is 4.66. The molecule has 21 heavy (non-hydrogen) atoms. The van der Waals surface area contributed by atoms with E-state index in [2.05, 4.69) is 10.3 Å². The number of carbonyl (C=O) groups excluding carboxylic acids is 2. The molecule has 7 heteroatoms. The Morgan fingerprint density at radius 1 is 1.57 bits per heavy atom. The number of hydrogen-bond acceptors (Lipinski definition) is 4. The molecule has 2 rings (SSSR count). The first kappa shape index (κ1) is 15.8. The van der Waals surface area contributed by atoms with Gasteiger partial charge in [0.15, 0.2) is 0 Å². The van der Waals surface area contributed by atoms with Crippen molar-refractivity contribution < 1.29 is 9.59 Å². The van der Waals surface area contributed by atoms with Crippen LogP contribution in [0.2, 0.25) is 0 Å². The Kier molecular flexibility index (Phi) is 5.55. The van der Waals surface area contributed by atoms with Gasteiger partial charge in [-0.2, -0.15) is 0 Å². The predicted octanol–water partition coefficient (Wildman–Crippen LogP) is 1.29. The van der Waals surface area contributed by atoms with Crippen LogP contribution in [-0.2, 0) is 11.2 Å². The highest BCUT2D eigenvalue weighted by molar-refractivity contribution is 7.09. The maximum absolute atomic E-state index is 12.1. The fourth-order valence-electron chi connectivity index (χ4n) is 2.50. The van der Waals surface area contributed by atoms with Gasteiger partial charge in [-0.15, -0.1) is 11.3 Å². The summed E-state index contributed by atoms with van der Waals surface area (Å²) in [6.07, 6.45) is 3.42. The van der Waals surface area contributed by atoms with E-state index >= 15 is 0 Å². The van der Waals surface area contributed by atoms with Crippen LogP contribution in [0.25, 0.3) is 0 Å². The highest BCUT2D eigenvalue weighted by atomic mass is 32.1. The van der Waals surface area contributed by atoms with E-state index in [4.69, 9.17) is 5.73 Å². The second kappa shape index (κ2) is 7.40. The molecule has 0 spiro atoms. The van der Waals surface area contributed by atoms with Gasteiger partial charge in [0.05, 0.1) is 10.9 Å². The van der Waals surface area contributed by atoms with Gasteiger partial charge in [0.25, 0.3) is 0 Å². The average Bonchev–Trinajstić information content (AvgIpc) is 2.89. The van der Waals surface area contributed by atoms with Crippen LogP contribution in [-0.4, -0.2) is 41.5 Å². The van der Waals surface area contributed by atoms with E-state index in [0.29, 0.717) is 19.6 Å². The molecule has 1 aromatic heterocycles. The van der Waals surface area contributed by atoms with Crippen molar-refractivity contribution in [2.24, 2.45) is 11.7 Å². The summed E-state index contributed by atoms with van der Waals surface area (Å²) in [6.45, 7) is 3.72. The van der Waals surface area contributed by atoms with E-state index in [1.807, 2.05) is 12.3 Å². The molecule has 0 bridgehead atoms. The molecule has 0 saturated carbocycles. The molecule has 0 unspecified atom stereocenters. The van der Waals surface area contributed by atoms with Crippen molar-refractivity contribution in [2.75, 3.05) is 19.6 Å². The third-order valence-electron chi connectivity index (χ3n) is 3.64. The van der Waals surface area contributed by atoms with Crippen LogP contribution in [0.4, 0.5) is 4.79 Å². The molecule has 0 aromatic carbocycles. The van der Waals surface area contributed by atoms with Crippen molar-refractivity contribution in [1.82, 2.24) is 15.2 Å². The zero-order valence-corrected chi connectivity index (χ0v) is 13.1. The van der Waals surface area contributed by atoms with E-state index < -0.39 is 6.03 Å². The van der Waals surface area contributed by atoms with Crippen molar-refractivity contribution in [3.63, 3.8) is 0 Å². The summed E-state index contributed by atoms with van der Waals surface area (Å²) in [6, 6.07) is -0.438. The summed E-state index contributed by atoms with van der Waals surface area (Å²) in [7, 11) is 0. The van der Waals surface area contributed by atoms with Gasteiger partial charge in [0.2, 0.25) is 5.91 Å². The molecule has 1 saturated heterocycles. The number of likely N-dealkylation sites (tertiary alicyclic amines) is 1. The van der Waals surface area contributed by atoms with Gasteiger partial charge >= 0.3 is 6.03 Å². The number of aryl methyl sites for hydroxylation is 2. The lowest BCUT2D eigenvalue weighted by Gasteiger charge is -2.30. The van der Waals surface area contributed by atoms with Crippen LogP contribution >= 0.6 is 11.3 Å². The highest BCUT2D eigenvalue weighted by Crippen LogP contribution is 2.16. The highest BCUT2D eigenvalue weighted by Gasteiger charge is 2.26.